The molecule has 1 aromatic heterocycles. The molecule has 2 N–H and O–H groups in total. The molecule has 0 aromatic carbocycles. The second-order valence-electron chi connectivity index (χ2n) is 4.88. The van der Waals surface area contributed by atoms with Gasteiger partial charge >= 0.3 is 0 Å². The van der Waals surface area contributed by atoms with Gasteiger partial charge < -0.3 is 20.1 Å². The number of likely N-dealkylation sites (tertiary alicyclic amines) is 1. The summed E-state index contributed by atoms with van der Waals surface area (Å²) < 4.78 is 12.0. The average Bonchev–Trinajstić information content (AvgIpc) is 2.90. The van der Waals surface area contributed by atoms with E-state index in [1.54, 1.807) is 13.2 Å². The molecule has 0 bridgehead atoms. The summed E-state index contributed by atoms with van der Waals surface area (Å²) in [5, 5.41) is 4.23. The van der Waals surface area contributed by atoms with Crippen molar-refractivity contribution in [2.24, 2.45) is 0 Å². The first kappa shape index (κ1) is 14.8. The zero-order valence-corrected chi connectivity index (χ0v) is 11.8. The normalized spacial score (nSPS) is 16.6. The minimum absolute atomic E-state index is 0.0412. The highest BCUT2D eigenvalue weighted by Crippen LogP contribution is 2.22. The number of amides is 1. The van der Waals surface area contributed by atoms with E-state index < -0.39 is 0 Å². The van der Waals surface area contributed by atoms with Crippen LogP contribution in [0, 0.1) is 0 Å². The summed E-state index contributed by atoms with van der Waals surface area (Å²) in [5.41, 5.74) is 5.62. The molecule has 1 aliphatic heterocycles. The first-order valence-electron chi connectivity index (χ1n) is 6.86. The summed E-state index contributed by atoms with van der Waals surface area (Å²) in [5.74, 6) is 0.578. The van der Waals surface area contributed by atoms with Gasteiger partial charge in [-0.1, -0.05) is 0 Å². The van der Waals surface area contributed by atoms with E-state index in [2.05, 4.69) is 5.10 Å². The molecule has 1 amide bonds. The zero-order chi connectivity index (χ0) is 14.4. The van der Waals surface area contributed by atoms with Gasteiger partial charge in [0.1, 0.15) is 12.4 Å². The minimum atomic E-state index is 0.0412. The van der Waals surface area contributed by atoms with Crippen molar-refractivity contribution in [2.45, 2.75) is 18.9 Å². The number of aromatic nitrogens is 2. The van der Waals surface area contributed by atoms with Crippen LogP contribution < -0.4 is 5.73 Å². The van der Waals surface area contributed by atoms with Crippen LogP contribution in [0.1, 0.15) is 18.9 Å². The number of anilines is 1. The van der Waals surface area contributed by atoms with Crippen molar-refractivity contribution >= 4 is 11.7 Å². The van der Waals surface area contributed by atoms with Crippen LogP contribution in [0.4, 0.5) is 5.82 Å². The fourth-order valence-electron chi connectivity index (χ4n) is 2.33. The molecule has 1 aliphatic rings. The Labute approximate surface area is 118 Å². The quantitative estimate of drug-likeness (QED) is 0.758. The first-order valence-corrected chi connectivity index (χ1v) is 6.86. The van der Waals surface area contributed by atoms with Crippen molar-refractivity contribution in [3.8, 4) is 0 Å². The van der Waals surface area contributed by atoms with Crippen LogP contribution in [0.2, 0.25) is 0 Å². The third-order valence-electron chi connectivity index (χ3n) is 3.48. The van der Waals surface area contributed by atoms with Crippen LogP contribution in [-0.2, 0) is 14.3 Å². The Bertz CT molecular complexity index is 427. The summed E-state index contributed by atoms with van der Waals surface area (Å²) in [4.78, 5) is 13.8. The highest BCUT2D eigenvalue weighted by molar-refractivity contribution is 5.77. The fourth-order valence-corrected chi connectivity index (χ4v) is 2.33. The number of hydrogen-bond acceptors (Lipinski definition) is 5. The Balaban J connectivity index is 1.72. The number of methoxy groups -OCH3 is 1. The molecule has 0 atom stereocenters. The minimum Gasteiger partial charge on any atom is -0.382 e. The van der Waals surface area contributed by atoms with Crippen LogP contribution in [0.15, 0.2) is 12.3 Å². The highest BCUT2D eigenvalue weighted by Gasteiger charge is 2.24. The lowest BCUT2D eigenvalue weighted by Crippen LogP contribution is -2.41. The fraction of sp³-hybridized carbons (Fsp3) is 0.692. The van der Waals surface area contributed by atoms with Gasteiger partial charge in [-0.3, -0.25) is 9.48 Å². The molecule has 112 valence electrons. The molecule has 7 nitrogen and oxygen atoms in total. The first-order chi connectivity index (χ1) is 9.70. The predicted octanol–water partition coefficient (Wildman–Crippen LogP) is 0.292. The van der Waals surface area contributed by atoms with Crippen LogP contribution in [0.5, 0.6) is 0 Å². The Morgan fingerprint density at radius 3 is 2.80 bits per heavy atom. The lowest BCUT2D eigenvalue weighted by Gasteiger charge is -2.32. The van der Waals surface area contributed by atoms with E-state index >= 15 is 0 Å². The molecule has 0 saturated carbocycles. The highest BCUT2D eigenvalue weighted by atomic mass is 16.5. The largest absolute Gasteiger partial charge is 0.382 e. The average molecular weight is 282 g/mol. The maximum atomic E-state index is 11.9. The molecular weight excluding hydrogens is 260 g/mol. The SMILES string of the molecule is COCCOCC(=O)N1CCC(n2ccc(N)n2)CC1. The number of carbonyl (C=O) groups is 1. The molecule has 7 heteroatoms. The van der Waals surface area contributed by atoms with Gasteiger partial charge in [-0.2, -0.15) is 5.10 Å². The van der Waals surface area contributed by atoms with Gasteiger partial charge in [0, 0.05) is 26.4 Å². The maximum Gasteiger partial charge on any atom is 0.248 e. The van der Waals surface area contributed by atoms with E-state index in [-0.39, 0.29) is 12.5 Å². The molecular formula is C13H22N4O3. The number of nitrogens with zero attached hydrogens (tertiary/aromatic N) is 3. The van der Waals surface area contributed by atoms with Crippen LogP contribution >= 0.6 is 0 Å². The molecule has 1 saturated heterocycles. The van der Waals surface area contributed by atoms with Gasteiger partial charge in [-0.25, -0.2) is 0 Å². The lowest BCUT2D eigenvalue weighted by atomic mass is 10.1. The van der Waals surface area contributed by atoms with E-state index in [1.807, 2.05) is 15.8 Å². The van der Waals surface area contributed by atoms with Crippen molar-refractivity contribution in [1.29, 1.82) is 0 Å². The summed E-state index contributed by atoms with van der Waals surface area (Å²) in [6.07, 6.45) is 3.68. The van der Waals surface area contributed by atoms with Crippen LogP contribution in [-0.4, -0.2) is 60.6 Å². The standard InChI is InChI=1S/C13H22N4O3/c1-19-8-9-20-10-13(18)16-5-2-11(3-6-16)17-7-4-12(14)15-17/h4,7,11H,2-3,5-6,8-10H2,1H3,(H2,14,15). The van der Waals surface area contributed by atoms with E-state index in [4.69, 9.17) is 15.2 Å². The number of ether oxygens (including phenoxy) is 2. The Morgan fingerprint density at radius 1 is 1.45 bits per heavy atom. The molecule has 0 unspecified atom stereocenters. The van der Waals surface area contributed by atoms with Crippen molar-refractivity contribution in [1.82, 2.24) is 14.7 Å². The third kappa shape index (κ3) is 3.94. The lowest BCUT2D eigenvalue weighted by molar-refractivity contribution is -0.137. The second kappa shape index (κ2) is 7.25. The Morgan fingerprint density at radius 2 is 2.20 bits per heavy atom. The van der Waals surface area contributed by atoms with Crippen LogP contribution in [0.3, 0.4) is 0 Å². The molecule has 1 fully saturated rings. The number of hydrogen-bond donors (Lipinski definition) is 1. The molecule has 2 rings (SSSR count). The number of carbonyl (C=O) groups excluding carboxylic acids is 1. The van der Waals surface area contributed by atoms with Gasteiger partial charge in [0.15, 0.2) is 0 Å². The van der Waals surface area contributed by atoms with Crippen molar-refractivity contribution in [3.63, 3.8) is 0 Å². The molecule has 0 aliphatic carbocycles. The molecule has 1 aromatic rings. The number of nitrogens with two attached hydrogens (primary N) is 1. The van der Waals surface area contributed by atoms with E-state index in [0.717, 1.165) is 25.9 Å². The third-order valence-corrected chi connectivity index (χ3v) is 3.48. The molecule has 0 radical (unpaired) electrons. The van der Waals surface area contributed by atoms with Crippen LogP contribution in [0.25, 0.3) is 0 Å². The van der Waals surface area contributed by atoms with Gasteiger partial charge in [-0.05, 0) is 18.9 Å². The smallest absolute Gasteiger partial charge is 0.248 e. The number of nitrogen functional groups attached to an aromatic ring is 1. The zero-order valence-electron chi connectivity index (χ0n) is 11.8. The van der Waals surface area contributed by atoms with E-state index in [1.165, 1.54) is 0 Å². The van der Waals surface area contributed by atoms with Crippen molar-refractivity contribution in [2.75, 3.05) is 45.8 Å². The predicted molar refractivity (Wildman–Crippen MR) is 74.2 cm³/mol. The molecule has 2 heterocycles. The van der Waals surface area contributed by atoms with Gasteiger partial charge in [0.05, 0.1) is 19.3 Å². The summed E-state index contributed by atoms with van der Waals surface area (Å²) in [7, 11) is 1.61. The van der Waals surface area contributed by atoms with E-state index in [9.17, 15) is 4.79 Å². The Hall–Kier alpha value is -1.60. The van der Waals surface area contributed by atoms with Crippen molar-refractivity contribution in [3.05, 3.63) is 12.3 Å². The van der Waals surface area contributed by atoms with E-state index in [0.29, 0.717) is 25.1 Å². The topological polar surface area (TPSA) is 82.6 Å². The second-order valence-corrected chi connectivity index (χ2v) is 4.88. The summed E-state index contributed by atoms with van der Waals surface area (Å²) in [6, 6.07) is 2.12. The Kier molecular flexibility index (Phi) is 5.37. The van der Waals surface area contributed by atoms with Gasteiger partial charge in [0.25, 0.3) is 0 Å². The monoisotopic (exact) mass is 282 g/mol. The summed E-state index contributed by atoms with van der Waals surface area (Å²) >= 11 is 0. The van der Waals surface area contributed by atoms with Gasteiger partial charge in [0.2, 0.25) is 5.91 Å². The number of rotatable bonds is 6. The summed E-state index contributed by atoms with van der Waals surface area (Å²) in [6.45, 7) is 2.55. The molecule has 20 heavy (non-hydrogen) atoms. The maximum absolute atomic E-state index is 11.9. The van der Waals surface area contributed by atoms with Gasteiger partial charge in [-0.15, -0.1) is 0 Å². The molecule has 0 spiro atoms. The number of piperidine rings is 1. The van der Waals surface area contributed by atoms with Crippen molar-refractivity contribution < 1.29 is 14.3 Å².